The van der Waals surface area contributed by atoms with Gasteiger partial charge in [0.15, 0.2) is 0 Å². The second-order valence-electron chi connectivity index (χ2n) is 8.56. The van der Waals surface area contributed by atoms with Crippen molar-refractivity contribution in [1.29, 1.82) is 0 Å². The number of hydrogen-bond acceptors (Lipinski definition) is 4. The molecule has 1 aromatic carbocycles. The fourth-order valence-electron chi connectivity index (χ4n) is 4.44. The van der Waals surface area contributed by atoms with E-state index in [9.17, 15) is 4.79 Å². The Hall–Kier alpha value is -3.61. The van der Waals surface area contributed by atoms with Gasteiger partial charge in [-0.05, 0) is 17.5 Å². The first-order chi connectivity index (χ1) is 15.6. The number of carbonyl (C=O) groups is 1. The van der Waals surface area contributed by atoms with Gasteiger partial charge < -0.3 is 9.80 Å². The Morgan fingerprint density at radius 3 is 2.44 bits per heavy atom. The van der Waals surface area contributed by atoms with E-state index in [1.807, 2.05) is 59.4 Å². The number of anilines is 1. The van der Waals surface area contributed by atoms with Crippen LogP contribution in [0.3, 0.4) is 0 Å². The summed E-state index contributed by atoms with van der Waals surface area (Å²) >= 11 is 0. The van der Waals surface area contributed by atoms with E-state index in [4.69, 9.17) is 0 Å². The number of carbonyl (C=O) groups excluding carboxylic acids is 1. The normalized spacial score (nSPS) is 15.3. The number of benzene rings is 1. The Labute approximate surface area is 187 Å². The van der Waals surface area contributed by atoms with Gasteiger partial charge >= 0.3 is 0 Å². The third-order valence-corrected chi connectivity index (χ3v) is 6.36. The van der Waals surface area contributed by atoms with Crippen LogP contribution in [0.5, 0.6) is 0 Å². The number of aryl methyl sites for hydroxylation is 1. The zero-order chi connectivity index (χ0) is 22.1. The molecule has 164 valence electrons. The molecular formula is C25H28N6O. The van der Waals surface area contributed by atoms with Crippen molar-refractivity contribution < 1.29 is 4.79 Å². The molecule has 0 spiro atoms. The summed E-state index contributed by atoms with van der Waals surface area (Å²) in [5.41, 5.74) is 5.57. The number of piperazine rings is 1. The summed E-state index contributed by atoms with van der Waals surface area (Å²) in [6.45, 7) is 5.24. The number of amides is 1. The van der Waals surface area contributed by atoms with E-state index < -0.39 is 0 Å². The quantitative estimate of drug-likeness (QED) is 0.488. The van der Waals surface area contributed by atoms with Crippen LogP contribution in [-0.2, 0) is 11.8 Å². The highest BCUT2D eigenvalue weighted by Gasteiger charge is 2.24. The number of pyridine rings is 1. The van der Waals surface area contributed by atoms with E-state index in [-0.39, 0.29) is 11.8 Å². The van der Waals surface area contributed by atoms with Crippen molar-refractivity contribution in [3.05, 3.63) is 72.8 Å². The Kier molecular flexibility index (Phi) is 5.39. The Morgan fingerprint density at radius 2 is 1.72 bits per heavy atom. The van der Waals surface area contributed by atoms with Crippen LogP contribution in [0.15, 0.2) is 67.3 Å². The molecule has 0 aliphatic carbocycles. The molecule has 0 bridgehead atoms. The van der Waals surface area contributed by atoms with Crippen LogP contribution in [0.2, 0.25) is 0 Å². The van der Waals surface area contributed by atoms with Gasteiger partial charge in [0.05, 0.1) is 23.6 Å². The summed E-state index contributed by atoms with van der Waals surface area (Å²) < 4.78 is 3.73. The van der Waals surface area contributed by atoms with Crippen LogP contribution in [0.25, 0.3) is 16.6 Å². The van der Waals surface area contributed by atoms with Crippen LogP contribution in [-0.4, -0.2) is 56.4 Å². The van der Waals surface area contributed by atoms with E-state index >= 15 is 0 Å². The van der Waals surface area contributed by atoms with Crippen LogP contribution < -0.4 is 4.90 Å². The molecule has 1 aliphatic heterocycles. The lowest BCUT2D eigenvalue weighted by molar-refractivity contribution is -0.131. The number of fused-ring (bicyclic) bond motifs is 1. The van der Waals surface area contributed by atoms with E-state index in [0.29, 0.717) is 6.42 Å². The first-order valence-corrected chi connectivity index (χ1v) is 11.1. The Bertz CT molecular complexity index is 1220. The van der Waals surface area contributed by atoms with Crippen molar-refractivity contribution in [3.63, 3.8) is 0 Å². The molecule has 1 atom stereocenters. The highest BCUT2D eigenvalue weighted by atomic mass is 16.2. The molecule has 3 aromatic heterocycles. The Morgan fingerprint density at radius 1 is 0.938 bits per heavy atom. The summed E-state index contributed by atoms with van der Waals surface area (Å²) in [5.74, 6) is 0.470. The van der Waals surface area contributed by atoms with Crippen molar-refractivity contribution in [2.45, 2.75) is 19.3 Å². The van der Waals surface area contributed by atoms with Gasteiger partial charge in [0.1, 0.15) is 0 Å². The van der Waals surface area contributed by atoms with Gasteiger partial charge in [-0.15, -0.1) is 0 Å². The second kappa shape index (κ2) is 8.49. The zero-order valence-corrected chi connectivity index (χ0v) is 18.6. The second-order valence-corrected chi connectivity index (χ2v) is 8.56. The minimum atomic E-state index is 0.232. The molecule has 1 saturated heterocycles. The minimum absolute atomic E-state index is 0.232. The predicted octanol–water partition coefficient (Wildman–Crippen LogP) is 3.58. The van der Waals surface area contributed by atoms with Crippen LogP contribution in [0.1, 0.15) is 24.8 Å². The molecule has 1 aliphatic rings. The molecule has 0 unspecified atom stereocenters. The van der Waals surface area contributed by atoms with Crippen LogP contribution in [0, 0.1) is 0 Å². The van der Waals surface area contributed by atoms with Gasteiger partial charge in [-0.25, -0.2) is 4.52 Å². The van der Waals surface area contributed by atoms with E-state index in [1.165, 1.54) is 5.56 Å². The number of nitrogens with zero attached hydrogens (tertiary/aromatic N) is 6. The van der Waals surface area contributed by atoms with E-state index in [2.05, 4.69) is 46.3 Å². The molecular weight excluding hydrogens is 400 g/mol. The highest BCUT2D eigenvalue weighted by molar-refractivity contribution is 5.78. The lowest BCUT2D eigenvalue weighted by Gasteiger charge is -2.36. The SMILES string of the molecule is C[C@@H](CC(=O)N1CCN(c2cnn3cc(-c4cnn(C)c4)ccc23)CC1)c1ccccc1. The Balaban J connectivity index is 1.23. The van der Waals surface area contributed by atoms with Crippen LogP contribution >= 0.6 is 0 Å². The van der Waals surface area contributed by atoms with Crippen molar-refractivity contribution >= 4 is 17.1 Å². The molecule has 4 heterocycles. The van der Waals surface area contributed by atoms with Gasteiger partial charge in [-0.1, -0.05) is 43.3 Å². The van der Waals surface area contributed by atoms with E-state index in [0.717, 1.165) is 48.5 Å². The van der Waals surface area contributed by atoms with Crippen molar-refractivity contribution in [1.82, 2.24) is 24.3 Å². The van der Waals surface area contributed by atoms with Crippen LogP contribution in [0.4, 0.5) is 5.69 Å². The van der Waals surface area contributed by atoms with Crippen molar-refractivity contribution in [2.75, 3.05) is 31.1 Å². The van der Waals surface area contributed by atoms with Gasteiger partial charge in [0, 0.05) is 63.2 Å². The lowest BCUT2D eigenvalue weighted by Crippen LogP contribution is -2.49. The van der Waals surface area contributed by atoms with Crippen molar-refractivity contribution in [3.8, 4) is 11.1 Å². The maximum absolute atomic E-state index is 12.8. The van der Waals surface area contributed by atoms with Gasteiger partial charge in [0.2, 0.25) is 5.91 Å². The summed E-state index contributed by atoms with van der Waals surface area (Å²) in [5, 5.41) is 8.84. The van der Waals surface area contributed by atoms with Gasteiger partial charge in [0.25, 0.3) is 0 Å². The number of rotatable bonds is 5. The third-order valence-electron chi connectivity index (χ3n) is 6.36. The third kappa shape index (κ3) is 3.98. The molecule has 5 rings (SSSR count). The predicted molar refractivity (Wildman–Crippen MR) is 126 cm³/mol. The molecule has 7 nitrogen and oxygen atoms in total. The molecule has 0 radical (unpaired) electrons. The summed E-state index contributed by atoms with van der Waals surface area (Å²) in [6.07, 6.45) is 8.39. The standard InChI is InChI=1S/C25H28N6O/c1-19(20-6-4-3-5-7-20)14-25(32)30-12-10-29(11-13-30)24-16-27-31-18-21(8-9-23(24)31)22-15-26-28(2)17-22/h3-9,15-19H,10-14H2,1-2H3/t19-/m0/s1. The number of hydrogen-bond donors (Lipinski definition) is 0. The topological polar surface area (TPSA) is 58.7 Å². The summed E-state index contributed by atoms with van der Waals surface area (Å²) in [7, 11) is 1.92. The van der Waals surface area contributed by atoms with Gasteiger partial charge in [-0.2, -0.15) is 10.2 Å². The first kappa shape index (κ1) is 20.3. The summed E-state index contributed by atoms with van der Waals surface area (Å²) in [6, 6.07) is 14.5. The molecule has 1 amide bonds. The maximum Gasteiger partial charge on any atom is 0.223 e. The summed E-state index contributed by atoms with van der Waals surface area (Å²) in [4.78, 5) is 17.2. The zero-order valence-electron chi connectivity index (χ0n) is 18.6. The molecule has 7 heteroatoms. The van der Waals surface area contributed by atoms with Crippen molar-refractivity contribution in [2.24, 2.45) is 7.05 Å². The fraction of sp³-hybridized carbons (Fsp3) is 0.320. The largest absolute Gasteiger partial charge is 0.365 e. The first-order valence-electron chi connectivity index (χ1n) is 11.1. The maximum atomic E-state index is 12.8. The highest BCUT2D eigenvalue weighted by Crippen LogP contribution is 2.27. The minimum Gasteiger partial charge on any atom is -0.365 e. The molecule has 0 N–H and O–H groups in total. The monoisotopic (exact) mass is 428 g/mol. The smallest absolute Gasteiger partial charge is 0.223 e. The molecule has 0 saturated carbocycles. The average Bonchev–Trinajstić information content (AvgIpc) is 3.45. The van der Waals surface area contributed by atoms with E-state index in [1.54, 1.807) is 4.68 Å². The average molecular weight is 429 g/mol. The molecule has 4 aromatic rings. The molecule has 32 heavy (non-hydrogen) atoms. The molecule has 1 fully saturated rings. The number of aromatic nitrogens is 4. The lowest BCUT2D eigenvalue weighted by atomic mass is 9.97. The van der Waals surface area contributed by atoms with Gasteiger partial charge in [-0.3, -0.25) is 9.48 Å². The fourth-order valence-corrected chi connectivity index (χ4v) is 4.44.